The van der Waals surface area contributed by atoms with Crippen molar-refractivity contribution in [3.05, 3.63) is 24.4 Å². The number of carbonyl (C=O) groups is 1. The van der Waals surface area contributed by atoms with Crippen molar-refractivity contribution in [1.82, 2.24) is 9.88 Å². The molecule has 0 atom stereocenters. The Morgan fingerprint density at radius 1 is 1.11 bits per heavy atom. The van der Waals surface area contributed by atoms with Gasteiger partial charge >= 0.3 is 0 Å². The Balaban J connectivity index is 1.62. The number of aliphatic imine (C=N–C) groups is 1. The molecule has 3 heterocycles. The number of amidine groups is 1. The topological polar surface area (TPSA) is 48.8 Å². The van der Waals surface area contributed by atoms with Gasteiger partial charge in [-0.3, -0.25) is 4.79 Å². The second kappa shape index (κ2) is 4.97. The summed E-state index contributed by atoms with van der Waals surface area (Å²) >= 11 is 1.55. The molecule has 18 heavy (non-hydrogen) atoms. The van der Waals surface area contributed by atoms with Gasteiger partial charge in [-0.25, -0.2) is 4.98 Å². The van der Waals surface area contributed by atoms with E-state index >= 15 is 0 Å². The minimum absolute atomic E-state index is 0.0119. The molecule has 0 radical (unpaired) electrons. The lowest BCUT2D eigenvalue weighted by Gasteiger charge is -2.35. The number of nitrogens with zero attached hydrogens (tertiary/aromatic N) is 4. The first-order valence-electron chi connectivity index (χ1n) is 5.98. The zero-order valence-corrected chi connectivity index (χ0v) is 10.8. The highest BCUT2D eigenvalue weighted by molar-refractivity contribution is 8.14. The third-order valence-electron chi connectivity index (χ3n) is 3.07. The van der Waals surface area contributed by atoms with E-state index in [4.69, 9.17) is 0 Å². The summed E-state index contributed by atoms with van der Waals surface area (Å²) in [6.07, 6.45) is 1.82. The van der Waals surface area contributed by atoms with Crippen LogP contribution in [0.15, 0.2) is 29.4 Å². The largest absolute Gasteiger partial charge is 0.353 e. The number of thioether (sulfide) groups is 1. The summed E-state index contributed by atoms with van der Waals surface area (Å²) in [4.78, 5) is 24.0. The molecule has 0 aromatic carbocycles. The molecular weight excluding hydrogens is 248 g/mol. The summed E-state index contributed by atoms with van der Waals surface area (Å²) in [7, 11) is 0. The van der Waals surface area contributed by atoms with Crippen LogP contribution in [-0.4, -0.2) is 52.9 Å². The van der Waals surface area contributed by atoms with Crippen molar-refractivity contribution in [2.45, 2.75) is 0 Å². The van der Waals surface area contributed by atoms with Gasteiger partial charge in [0.15, 0.2) is 5.17 Å². The summed E-state index contributed by atoms with van der Waals surface area (Å²) in [5.41, 5.74) is 0. The number of amides is 1. The van der Waals surface area contributed by atoms with Gasteiger partial charge in [-0.2, -0.15) is 4.99 Å². The molecule has 2 aliphatic rings. The first kappa shape index (κ1) is 11.5. The molecule has 5 nitrogen and oxygen atoms in total. The molecule has 94 valence electrons. The normalized spacial score (nSPS) is 20.2. The third-order valence-corrected chi connectivity index (χ3v) is 4.07. The summed E-state index contributed by atoms with van der Waals surface area (Å²) < 4.78 is 0. The van der Waals surface area contributed by atoms with Crippen molar-refractivity contribution in [2.24, 2.45) is 4.99 Å². The maximum atomic E-state index is 11.1. The molecule has 0 unspecified atom stereocenters. The summed E-state index contributed by atoms with van der Waals surface area (Å²) in [6, 6.07) is 5.96. The number of hydrogen-bond acceptors (Lipinski definition) is 5. The Kier molecular flexibility index (Phi) is 3.19. The van der Waals surface area contributed by atoms with Gasteiger partial charge < -0.3 is 9.80 Å². The fourth-order valence-electron chi connectivity index (χ4n) is 2.13. The second-order valence-electron chi connectivity index (χ2n) is 4.24. The lowest BCUT2D eigenvalue weighted by atomic mass is 10.3. The number of hydrogen-bond donors (Lipinski definition) is 0. The molecule has 0 saturated carbocycles. The molecule has 1 saturated heterocycles. The number of pyridine rings is 1. The van der Waals surface area contributed by atoms with E-state index in [1.807, 2.05) is 24.4 Å². The van der Waals surface area contributed by atoms with E-state index < -0.39 is 0 Å². The minimum Gasteiger partial charge on any atom is -0.353 e. The van der Waals surface area contributed by atoms with Crippen molar-refractivity contribution in [2.75, 3.05) is 36.8 Å². The zero-order valence-electron chi connectivity index (χ0n) is 9.95. The van der Waals surface area contributed by atoms with Crippen LogP contribution in [0.25, 0.3) is 0 Å². The van der Waals surface area contributed by atoms with Gasteiger partial charge in [0.1, 0.15) is 5.82 Å². The van der Waals surface area contributed by atoms with E-state index in [0.717, 1.165) is 37.2 Å². The third kappa shape index (κ3) is 2.33. The predicted molar refractivity (Wildman–Crippen MR) is 72.9 cm³/mol. The molecule has 1 amide bonds. The van der Waals surface area contributed by atoms with Gasteiger partial charge in [0.25, 0.3) is 5.91 Å². The van der Waals surface area contributed by atoms with Crippen molar-refractivity contribution in [3.8, 4) is 0 Å². The van der Waals surface area contributed by atoms with Crippen LogP contribution in [0.2, 0.25) is 0 Å². The average molecular weight is 262 g/mol. The van der Waals surface area contributed by atoms with Gasteiger partial charge in [-0.05, 0) is 12.1 Å². The van der Waals surface area contributed by atoms with E-state index in [1.54, 1.807) is 11.8 Å². The van der Waals surface area contributed by atoms with Gasteiger partial charge in [0.05, 0.1) is 5.75 Å². The van der Waals surface area contributed by atoms with Crippen molar-refractivity contribution < 1.29 is 4.79 Å². The van der Waals surface area contributed by atoms with Crippen LogP contribution >= 0.6 is 11.8 Å². The fraction of sp³-hybridized carbons (Fsp3) is 0.417. The smallest absolute Gasteiger partial charge is 0.258 e. The molecule has 6 heteroatoms. The summed E-state index contributed by atoms with van der Waals surface area (Å²) in [5.74, 6) is 1.51. The number of aromatic nitrogens is 1. The molecule has 0 bridgehead atoms. The molecule has 1 aromatic heterocycles. The second-order valence-corrected chi connectivity index (χ2v) is 5.18. The van der Waals surface area contributed by atoms with E-state index in [9.17, 15) is 4.79 Å². The van der Waals surface area contributed by atoms with Crippen molar-refractivity contribution >= 4 is 28.7 Å². The molecule has 2 aliphatic heterocycles. The summed E-state index contributed by atoms with van der Waals surface area (Å²) in [6.45, 7) is 3.64. The molecule has 1 aromatic rings. The molecule has 0 spiro atoms. The van der Waals surface area contributed by atoms with E-state index in [0.29, 0.717) is 5.75 Å². The van der Waals surface area contributed by atoms with Crippen molar-refractivity contribution in [3.63, 3.8) is 0 Å². The molecule has 3 rings (SSSR count). The average Bonchev–Trinajstić information content (AvgIpc) is 2.87. The Hall–Kier alpha value is -1.56. The predicted octanol–water partition coefficient (Wildman–Crippen LogP) is 0.833. The van der Waals surface area contributed by atoms with E-state index in [-0.39, 0.29) is 5.91 Å². The van der Waals surface area contributed by atoms with Crippen LogP contribution in [-0.2, 0) is 4.79 Å². The Morgan fingerprint density at radius 3 is 2.50 bits per heavy atom. The van der Waals surface area contributed by atoms with Gasteiger partial charge in [-0.15, -0.1) is 0 Å². The molecule has 1 fully saturated rings. The Morgan fingerprint density at radius 2 is 1.89 bits per heavy atom. The standard InChI is InChI=1S/C12H14N4OS/c17-11-9-18-12(14-11)16-7-5-15(6-8-16)10-3-1-2-4-13-10/h1-4H,5-9H2. The fourth-order valence-corrected chi connectivity index (χ4v) is 2.98. The maximum absolute atomic E-state index is 11.1. The van der Waals surface area contributed by atoms with E-state index in [2.05, 4.69) is 19.8 Å². The highest BCUT2D eigenvalue weighted by Crippen LogP contribution is 2.19. The van der Waals surface area contributed by atoms with Crippen molar-refractivity contribution in [1.29, 1.82) is 0 Å². The number of anilines is 1. The zero-order chi connectivity index (χ0) is 12.4. The van der Waals surface area contributed by atoms with Gasteiger partial charge in [0, 0.05) is 32.4 Å². The maximum Gasteiger partial charge on any atom is 0.258 e. The van der Waals surface area contributed by atoms with Crippen LogP contribution in [0.4, 0.5) is 5.82 Å². The molecule has 0 aliphatic carbocycles. The first-order chi connectivity index (χ1) is 8.83. The van der Waals surface area contributed by atoms with Crippen LogP contribution in [0.5, 0.6) is 0 Å². The highest BCUT2D eigenvalue weighted by Gasteiger charge is 2.24. The molecule has 0 N–H and O–H groups in total. The number of carbonyl (C=O) groups excluding carboxylic acids is 1. The van der Waals surface area contributed by atoms with E-state index in [1.165, 1.54) is 0 Å². The quantitative estimate of drug-likeness (QED) is 0.750. The Bertz CT molecular complexity index is 468. The minimum atomic E-state index is -0.0119. The first-order valence-corrected chi connectivity index (χ1v) is 6.97. The van der Waals surface area contributed by atoms with Crippen LogP contribution < -0.4 is 4.90 Å². The number of rotatable bonds is 1. The van der Waals surface area contributed by atoms with Crippen LogP contribution in [0.1, 0.15) is 0 Å². The monoisotopic (exact) mass is 262 g/mol. The van der Waals surface area contributed by atoms with Crippen LogP contribution in [0.3, 0.4) is 0 Å². The van der Waals surface area contributed by atoms with Gasteiger partial charge in [-0.1, -0.05) is 17.8 Å². The van der Waals surface area contributed by atoms with Crippen LogP contribution in [0, 0.1) is 0 Å². The van der Waals surface area contributed by atoms with Gasteiger partial charge in [0.2, 0.25) is 0 Å². The molecular formula is C12H14N4OS. The Labute approximate surface area is 110 Å². The summed E-state index contributed by atoms with van der Waals surface area (Å²) in [5, 5.41) is 0.890. The lowest BCUT2D eigenvalue weighted by molar-refractivity contribution is -0.115. The SMILES string of the molecule is O=C1CSC(N2CCN(c3ccccn3)CC2)=N1. The number of piperazine rings is 1. The lowest BCUT2D eigenvalue weighted by Crippen LogP contribution is -2.48. The highest BCUT2D eigenvalue weighted by atomic mass is 32.2.